The summed E-state index contributed by atoms with van der Waals surface area (Å²) >= 11 is 0. The number of amides is 1. The fourth-order valence-corrected chi connectivity index (χ4v) is 2.06. The van der Waals surface area contributed by atoms with Crippen molar-refractivity contribution in [3.63, 3.8) is 0 Å². The summed E-state index contributed by atoms with van der Waals surface area (Å²) in [5.41, 5.74) is 6.46. The normalized spacial score (nSPS) is 15.7. The lowest BCUT2D eigenvalue weighted by Crippen LogP contribution is -2.36. The molecule has 2 N–H and O–H groups in total. The molecule has 1 aromatic rings. The maximum Gasteiger partial charge on any atom is 0.257 e. The van der Waals surface area contributed by atoms with Gasteiger partial charge in [-0.3, -0.25) is 4.79 Å². The van der Waals surface area contributed by atoms with Gasteiger partial charge in [0, 0.05) is 6.54 Å². The van der Waals surface area contributed by atoms with Crippen LogP contribution in [0, 0.1) is 5.41 Å². The number of hydrogen-bond acceptors (Lipinski definition) is 3. The van der Waals surface area contributed by atoms with Crippen LogP contribution in [-0.2, 0) is 0 Å². The molecule has 1 amide bonds. The van der Waals surface area contributed by atoms with E-state index in [1.807, 2.05) is 29.2 Å². The summed E-state index contributed by atoms with van der Waals surface area (Å²) < 4.78 is 5.62. The molecule has 0 atom stereocenters. The van der Waals surface area contributed by atoms with Crippen LogP contribution in [-0.4, -0.2) is 37.0 Å². The minimum Gasteiger partial charge on any atom is -0.491 e. The van der Waals surface area contributed by atoms with Gasteiger partial charge in [-0.05, 0) is 30.5 Å². The van der Waals surface area contributed by atoms with E-state index in [0.717, 1.165) is 13.0 Å². The lowest BCUT2D eigenvalue weighted by molar-refractivity contribution is 0.0735. The molecule has 4 nitrogen and oxygen atoms in total. The number of nitrogens with two attached hydrogens (primary N) is 1. The fourth-order valence-electron chi connectivity index (χ4n) is 2.06. The van der Waals surface area contributed by atoms with E-state index in [9.17, 15) is 4.79 Å². The van der Waals surface area contributed by atoms with Crippen molar-refractivity contribution in [3.05, 3.63) is 29.8 Å². The molecule has 1 aliphatic rings. The highest BCUT2D eigenvalue weighted by molar-refractivity contribution is 5.97. The lowest BCUT2D eigenvalue weighted by Gasteiger charge is -2.27. The Bertz CT molecular complexity index is 457. The Morgan fingerprint density at radius 2 is 2.11 bits per heavy atom. The summed E-state index contributed by atoms with van der Waals surface area (Å²) in [5, 5.41) is 0. The van der Waals surface area contributed by atoms with Crippen molar-refractivity contribution in [2.24, 2.45) is 11.1 Å². The van der Waals surface area contributed by atoms with Gasteiger partial charge in [0.15, 0.2) is 0 Å². The Balaban J connectivity index is 2.09. The smallest absolute Gasteiger partial charge is 0.257 e. The maximum atomic E-state index is 12.5. The largest absolute Gasteiger partial charge is 0.491 e. The molecule has 1 aromatic carbocycles. The lowest BCUT2D eigenvalue weighted by atomic mass is 9.89. The number of rotatable bonds is 4. The highest BCUT2D eigenvalue weighted by Gasteiger charge is 2.25. The molecular weight excluding hydrogens is 240 g/mol. The van der Waals surface area contributed by atoms with Crippen molar-refractivity contribution >= 4 is 5.91 Å². The van der Waals surface area contributed by atoms with Crippen molar-refractivity contribution in [1.29, 1.82) is 0 Å². The average Bonchev–Trinajstić information content (AvgIpc) is 2.57. The van der Waals surface area contributed by atoms with E-state index >= 15 is 0 Å². The van der Waals surface area contributed by atoms with Gasteiger partial charge in [0.1, 0.15) is 12.4 Å². The van der Waals surface area contributed by atoms with Crippen molar-refractivity contribution in [1.82, 2.24) is 4.90 Å². The molecule has 0 saturated heterocycles. The zero-order chi connectivity index (χ0) is 13.9. The second-order valence-corrected chi connectivity index (χ2v) is 5.76. The van der Waals surface area contributed by atoms with E-state index in [2.05, 4.69) is 13.8 Å². The molecular formula is C15H22N2O2. The summed E-state index contributed by atoms with van der Waals surface area (Å²) in [5.74, 6) is 0.744. The highest BCUT2D eigenvalue weighted by Crippen LogP contribution is 2.24. The minimum absolute atomic E-state index is 0.0564. The molecule has 0 bridgehead atoms. The van der Waals surface area contributed by atoms with Crippen LogP contribution in [0.1, 0.15) is 30.6 Å². The Labute approximate surface area is 114 Å². The molecule has 0 fully saturated rings. The van der Waals surface area contributed by atoms with Gasteiger partial charge in [0.25, 0.3) is 5.91 Å². The Hall–Kier alpha value is -1.55. The molecule has 0 spiro atoms. The summed E-state index contributed by atoms with van der Waals surface area (Å²) in [6.07, 6.45) is 0.900. The van der Waals surface area contributed by atoms with Gasteiger partial charge >= 0.3 is 0 Å². The van der Waals surface area contributed by atoms with Crippen LogP contribution in [0.4, 0.5) is 0 Å². The van der Waals surface area contributed by atoms with Crippen molar-refractivity contribution < 1.29 is 9.53 Å². The number of carbonyl (C=O) groups excluding carboxylic acids is 1. The molecule has 2 rings (SSSR count). The average molecular weight is 262 g/mol. The zero-order valence-corrected chi connectivity index (χ0v) is 11.7. The van der Waals surface area contributed by atoms with Gasteiger partial charge in [-0.2, -0.15) is 0 Å². The molecule has 0 aliphatic carbocycles. The van der Waals surface area contributed by atoms with Crippen LogP contribution < -0.4 is 10.5 Å². The summed E-state index contributed by atoms with van der Waals surface area (Å²) in [6.45, 7) is 6.78. The van der Waals surface area contributed by atoms with E-state index in [1.54, 1.807) is 0 Å². The first-order valence-electron chi connectivity index (χ1n) is 6.75. The fraction of sp³-hybridized carbons (Fsp3) is 0.533. The Morgan fingerprint density at radius 3 is 2.84 bits per heavy atom. The van der Waals surface area contributed by atoms with E-state index < -0.39 is 0 Å². The van der Waals surface area contributed by atoms with Gasteiger partial charge < -0.3 is 15.4 Å². The predicted molar refractivity (Wildman–Crippen MR) is 75.3 cm³/mol. The zero-order valence-electron chi connectivity index (χ0n) is 11.7. The topological polar surface area (TPSA) is 55.6 Å². The number of hydrogen-bond donors (Lipinski definition) is 1. The SMILES string of the molecule is CC(C)(CN)CCN1CCOc2ccccc2C1=O. The van der Waals surface area contributed by atoms with E-state index in [1.165, 1.54) is 0 Å². The number of fused-ring (bicyclic) bond motifs is 1. The Kier molecular flexibility index (Phi) is 4.10. The molecule has 0 radical (unpaired) electrons. The molecule has 0 aromatic heterocycles. The first kappa shape index (κ1) is 13.9. The van der Waals surface area contributed by atoms with Crippen LogP contribution in [0.3, 0.4) is 0 Å². The van der Waals surface area contributed by atoms with Crippen molar-refractivity contribution in [3.8, 4) is 5.75 Å². The van der Waals surface area contributed by atoms with Crippen LogP contribution in [0.5, 0.6) is 5.75 Å². The van der Waals surface area contributed by atoms with Gasteiger partial charge in [-0.25, -0.2) is 0 Å². The minimum atomic E-state index is 0.0564. The Morgan fingerprint density at radius 1 is 1.37 bits per heavy atom. The van der Waals surface area contributed by atoms with Crippen LogP contribution >= 0.6 is 0 Å². The highest BCUT2D eigenvalue weighted by atomic mass is 16.5. The van der Waals surface area contributed by atoms with Crippen LogP contribution in [0.15, 0.2) is 24.3 Å². The first-order valence-corrected chi connectivity index (χ1v) is 6.75. The van der Waals surface area contributed by atoms with Gasteiger partial charge in [0.05, 0.1) is 12.1 Å². The number of para-hydroxylation sites is 1. The number of nitrogens with zero attached hydrogens (tertiary/aromatic N) is 1. The third-order valence-corrected chi connectivity index (χ3v) is 3.63. The maximum absolute atomic E-state index is 12.5. The van der Waals surface area contributed by atoms with E-state index in [0.29, 0.717) is 31.0 Å². The summed E-state index contributed by atoms with van der Waals surface area (Å²) in [7, 11) is 0. The van der Waals surface area contributed by atoms with Gasteiger partial charge in [-0.1, -0.05) is 26.0 Å². The number of benzene rings is 1. The second-order valence-electron chi connectivity index (χ2n) is 5.76. The third-order valence-electron chi connectivity index (χ3n) is 3.63. The van der Waals surface area contributed by atoms with Gasteiger partial charge in [0.2, 0.25) is 0 Å². The van der Waals surface area contributed by atoms with Crippen LogP contribution in [0.25, 0.3) is 0 Å². The summed E-state index contributed by atoms with van der Waals surface area (Å²) in [6, 6.07) is 7.43. The summed E-state index contributed by atoms with van der Waals surface area (Å²) in [4.78, 5) is 14.3. The molecule has 104 valence electrons. The van der Waals surface area contributed by atoms with Gasteiger partial charge in [-0.15, -0.1) is 0 Å². The van der Waals surface area contributed by atoms with E-state index in [-0.39, 0.29) is 11.3 Å². The molecule has 4 heteroatoms. The number of ether oxygens (including phenoxy) is 1. The first-order chi connectivity index (χ1) is 9.03. The van der Waals surface area contributed by atoms with Crippen molar-refractivity contribution in [2.45, 2.75) is 20.3 Å². The molecule has 1 aliphatic heterocycles. The molecule has 0 saturated carbocycles. The standard InChI is InChI=1S/C15H22N2O2/c1-15(2,11-16)7-8-17-9-10-19-13-6-4-3-5-12(13)14(17)18/h3-6H,7-11,16H2,1-2H3. The predicted octanol–water partition coefficient (Wildman–Crippen LogP) is 1.90. The quantitative estimate of drug-likeness (QED) is 0.901. The third kappa shape index (κ3) is 3.26. The molecule has 0 unspecified atom stereocenters. The second kappa shape index (κ2) is 5.61. The molecule has 19 heavy (non-hydrogen) atoms. The monoisotopic (exact) mass is 262 g/mol. The number of carbonyl (C=O) groups is 1. The van der Waals surface area contributed by atoms with E-state index in [4.69, 9.17) is 10.5 Å². The van der Waals surface area contributed by atoms with Crippen molar-refractivity contribution in [2.75, 3.05) is 26.2 Å². The van der Waals surface area contributed by atoms with Crippen LogP contribution in [0.2, 0.25) is 0 Å². The molecule has 1 heterocycles.